The molecule has 0 spiro atoms. The van der Waals surface area contributed by atoms with Gasteiger partial charge in [-0.15, -0.1) is 0 Å². The minimum absolute atomic E-state index is 0.0349. The van der Waals surface area contributed by atoms with E-state index in [-0.39, 0.29) is 18.8 Å². The summed E-state index contributed by atoms with van der Waals surface area (Å²) in [5.41, 5.74) is 12.4. The maximum atomic E-state index is 13.2. The SMILES string of the molecule is CCC(C)C(NC(=O)C(N)CC(N)=O)C(=O)NC(C(=O)NC(Cc1c[nH]c2ccccc12)C(=O)O)C(C)C. The molecule has 0 fully saturated rings. The van der Waals surface area contributed by atoms with Crippen molar-refractivity contribution in [3.8, 4) is 0 Å². The lowest BCUT2D eigenvalue weighted by molar-refractivity contribution is -0.142. The highest BCUT2D eigenvalue weighted by molar-refractivity contribution is 5.95. The summed E-state index contributed by atoms with van der Waals surface area (Å²) in [5, 5.41) is 18.4. The molecule has 12 nitrogen and oxygen atoms in total. The Morgan fingerprint density at radius 3 is 2.13 bits per heavy atom. The van der Waals surface area contributed by atoms with Crippen molar-refractivity contribution in [3.05, 3.63) is 36.0 Å². The number of aromatic nitrogens is 1. The average Bonchev–Trinajstić information content (AvgIpc) is 3.26. The molecule has 5 atom stereocenters. The summed E-state index contributed by atoms with van der Waals surface area (Å²) >= 11 is 0. The van der Waals surface area contributed by atoms with Crippen molar-refractivity contribution in [2.24, 2.45) is 23.3 Å². The number of hydrogen-bond acceptors (Lipinski definition) is 6. The summed E-state index contributed by atoms with van der Waals surface area (Å²) in [6.45, 7) is 6.99. The molecular weight excluding hydrogens is 492 g/mol. The van der Waals surface area contributed by atoms with Gasteiger partial charge in [0.2, 0.25) is 23.6 Å². The Hall–Kier alpha value is -3.93. The molecule has 0 aliphatic heterocycles. The Bertz CT molecular complexity index is 1160. The second-order valence-corrected chi connectivity index (χ2v) is 9.84. The zero-order chi connectivity index (χ0) is 28.6. The number of nitrogens with two attached hydrogens (primary N) is 2. The third-order valence-electron chi connectivity index (χ3n) is 6.51. The zero-order valence-corrected chi connectivity index (χ0v) is 22.1. The number of fused-ring (bicyclic) bond motifs is 1. The fourth-order valence-corrected chi connectivity index (χ4v) is 4.03. The lowest BCUT2D eigenvalue weighted by Crippen LogP contribution is -2.60. The highest BCUT2D eigenvalue weighted by Gasteiger charge is 2.34. The van der Waals surface area contributed by atoms with Crippen molar-refractivity contribution in [2.45, 2.75) is 71.1 Å². The molecule has 1 aromatic heterocycles. The van der Waals surface area contributed by atoms with E-state index in [4.69, 9.17) is 11.5 Å². The number of benzene rings is 1. The molecule has 208 valence electrons. The van der Waals surface area contributed by atoms with Crippen LogP contribution in [-0.2, 0) is 30.4 Å². The van der Waals surface area contributed by atoms with E-state index in [1.807, 2.05) is 31.2 Å². The third-order valence-corrected chi connectivity index (χ3v) is 6.51. The first-order valence-corrected chi connectivity index (χ1v) is 12.6. The van der Waals surface area contributed by atoms with Gasteiger partial charge in [0.15, 0.2) is 0 Å². The summed E-state index contributed by atoms with van der Waals surface area (Å²) in [6.07, 6.45) is 1.88. The van der Waals surface area contributed by atoms with Crippen LogP contribution in [0.5, 0.6) is 0 Å². The van der Waals surface area contributed by atoms with Crippen molar-refractivity contribution < 1.29 is 29.1 Å². The summed E-state index contributed by atoms with van der Waals surface area (Å²) in [4.78, 5) is 65.1. The monoisotopic (exact) mass is 530 g/mol. The third kappa shape index (κ3) is 8.04. The van der Waals surface area contributed by atoms with E-state index in [1.165, 1.54) is 0 Å². The number of nitrogens with one attached hydrogen (secondary N) is 4. The summed E-state index contributed by atoms with van der Waals surface area (Å²) in [7, 11) is 0. The van der Waals surface area contributed by atoms with Crippen LogP contribution in [0.2, 0.25) is 0 Å². The van der Waals surface area contributed by atoms with Gasteiger partial charge in [-0.25, -0.2) is 4.79 Å². The smallest absolute Gasteiger partial charge is 0.326 e. The number of carboxylic acid groups (broad SMARTS) is 1. The normalized spacial score (nSPS) is 15.2. The van der Waals surface area contributed by atoms with E-state index in [2.05, 4.69) is 20.9 Å². The Balaban J connectivity index is 2.17. The van der Waals surface area contributed by atoms with Gasteiger partial charge in [0.1, 0.15) is 18.1 Å². The predicted molar refractivity (Wildman–Crippen MR) is 142 cm³/mol. The summed E-state index contributed by atoms with van der Waals surface area (Å²) in [6, 6.07) is 2.84. The number of carbonyl (C=O) groups is 5. The number of rotatable bonds is 14. The van der Waals surface area contributed by atoms with Gasteiger partial charge in [-0.05, 0) is 23.5 Å². The number of carbonyl (C=O) groups excluding carboxylic acids is 4. The molecule has 0 saturated carbocycles. The van der Waals surface area contributed by atoms with E-state index < -0.39 is 59.7 Å². The number of aromatic amines is 1. The van der Waals surface area contributed by atoms with Crippen LogP contribution in [0.15, 0.2) is 30.5 Å². The number of hydrogen-bond donors (Lipinski definition) is 7. The number of primary amides is 1. The Kier molecular flexibility index (Phi) is 10.8. The molecule has 5 unspecified atom stereocenters. The van der Waals surface area contributed by atoms with Crippen molar-refractivity contribution >= 4 is 40.5 Å². The maximum Gasteiger partial charge on any atom is 0.326 e. The second kappa shape index (κ2) is 13.6. The minimum atomic E-state index is -1.24. The topological polar surface area (TPSA) is 209 Å². The second-order valence-electron chi connectivity index (χ2n) is 9.84. The highest BCUT2D eigenvalue weighted by Crippen LogP contribution is 2.19. The summed E-state index contributed by atoms with van der Waals surface area (Å²) < 4.78 is 0. The van der Waals surface area contributed by atoms with Crippen molar-refractivity contribution in [3.63, 3.8) is 0 Å². The molecule has 0 saturated heterocycles. The van der Waals surface area contributed by atoms with E-state index in [1.54, 1.807) is 27.0 Å². The van der Waals surface area contributed by atoms with Gasteiger partial charge in [-0.1, -0.05) is 52.3 Å². The molecule has 0 aliphatic carbocycles. The molecule has 0 bridgehead atoms. The van der Waals surface area contributed by atoms with Crippen LogP contribution in [0.1, 0.15) is 46.1 Å². The van der Waals surface area contributed by atoms with Crippen molar-refractivity contribution in [2.75, 3.05) is 0 Å². The first-order chi connectivity index (χ1) is 17.8. The van der Waals surface area contributed by atoms with Crippen molar-refractivity contribution in [1.29, 1.82) is 0 Å². The molecule has 1 heterocycles. The Morgan fingerprint density at radius 2 is 1.55 bits per heavy atom. The van der Waals surface area contributed by atoms with Crippen LogP contribution in [0, 0.1) is 11.8 Å². The average molecular weight is 531 g/mol. The minimum Gasteiger partial charge on any atom is -0.480 e. The maximum absolute atomic E-state index is 13.2. The first-order valence-electron chi connectivity index (χ1n) is 12.6. The molecular formula is C26H38N6O6. The molecule has 38 heavy (non-hydrogen) atoms. The van der Waals surface area contributed by atoms with E-state index >= 15 is 0 Å². The van der Waals surface area contributed by atoms with Gasteiger partial charge in [-0.3, -0.25) is 19.2 Å². The Morgan fingerprint density at radius 1 is 0.947 bits per heavy atom. The van der Waals surface area contributed by atoms with E-state index in [9.17, 15) is 29.1 Å². The fraction of sp³-hybridized carbons (Fsp3) is 0.500. The number of carboxylic acids is 1. The van der Waals surface area contributed by atoms with Crippen LogP contribution in [0.25, 0.3) is 10.9 Å². The van der Waals surface area contributed by atoms with Crippen LogP contribution < -0.4 is 27.4 Å². The molecule has 1 aromatic carbocycles. The molecule has 2 aromatic rings. The number of aliphatic carboxylic acids is 1. The van der Waals surface area contributed by atoms with Gasteiger partial charge in [0.05, 0.1) is 12.5 Å². The molecule has 4 amide bonds. The van der Waals surface area contributed by atoms with E-state index in [0.29, 0.717) is 6.42 Å². The Labute approximate surface area is 221 Å². The summed E-state index contributed by atoms with van der Waals surface area (Å²) in [5.74, 6) is -4.72. The molecule has 2 rings (SSSR count). The predicted octanol–water partition coefficient (Wildman–Crippen LogP) is 0.154. The molecule has 12 heteroatoms. The number of para-hydroxylation sites is 1. The fourth-order valence-electron chi connectivity index (χ4n) is 4.03. The van der Waals surface area contributed by atoms with Crippen molar-refractivity contribution in [1.82, 2.24) is 20.9 Å². The van der Waals surface area contributed by atoms with Gasteiger partial charge < -0.3 is 37.5 Å². The lowest BCUT2D eigenvalue weighted by atomic mass is 9.95. The highest BCUT2D eigenvalue weighted by atomic mass is 16.4. The largest absolute Gasteiger partial charge is 0.480 e. The van der Waals surface area contributed by atoms with Gasteiger partial charge >= 0.3 is 5.97 Å². The quantitative estimate of drug-likeness (QED) is 0.180. The van der Waals surface area contributed by atoms with Gasteiger partial charge in [0.25, 0.3) is 0 Å². The van der Waals surface area contributed by atoms with Crippen LogP contribution in [0.3, 0.4) is 0 Å². The standard InChI is InChI=1S/C26H38N6O6/c1-5-14(4)22(32-23(34)17(27)11-20(28)33)25(36)31-21(13(2)3)24(35)30-19(26(37)38)10-15-12-29-18-9-7-6-8-16(15)18/h6-9,12-14,17,19,21-22,29H,5,10-11,27H2,1-4H3,(H2,28,33)(H,30,35)(H,31,36)(H,32,34)(H,37,38). The van der Waals surface area contributed by atoms with Crippen LogP contribution in [-0.4, -0.2) is 63.9 Å². The van der Waals surface area contributed by atoms with E-state index in [0.717, 1.165) is 16.5 Å². The molecule has 9 N–H and O–H groups in total. The van der Waals surface area contributed by atoms with Gasteiger partial charge in [-0.2, -0.15) is 0 Å². The number of H-pyrrole nitrogens is 1. The number of amides is 4. The molecule has 0 radical (unpaired) electrons. The van der Waals surface area contributed by atoms with Crippen LogP contribution in [0.4, 0.5) is 0 Å². The van der Waals surface area contributed by atoms with Gasteiger partial charge in [0, 0.05) is 23.5 Å². The lowest BCUT2D eigenvalue weighted by Gasteiger charge is -2.29. The first kappa shape index (κ1) is 30.3. The zero-order valence-electron chi connectivity index (χ0n) is 22.1. The molecule has 0 aliphatic rings. The van der Waals surface area contributed by atoms with Crippen LogP contribution >= 0.6 is 0 Å².